The molecule has 0 bridgehead atoms. The van der Waals surface area contributed by atoms with Gasteiger partial charge in [-0.3, -0.25) is 9.59 Å². The maximum absolute atomic E-state index is 12.8. The second kappa shape index (κ2) is 9.46. The van der Waals surface area contributed by atoms with Crippen molar-refractivity contribution in [1.82, 2.24) is 10.2 Å². The van der Waals surface area contributed by atoms with Gasteiger partial charge in [0.15, 0.2) is 0 Å². The van der Waals surface area contributed by atoms with Crippen LogP contribution in [0.5, 0.6) is 5.75 Å². The number of hydrogen-bond acceptors (Lipinski definition) is 4. The Kier molecular flexibility index (Phi) is 6.98. The molecule has 29 heavy (non-hydrogen) atoms. The Morgan fingerprint density at radius 2 is 1.97 bits per heavy atom. The molecule has 0 saturated heterocycles. The number of rotatable bonds is 8. The Balaban J connectivity index is 1.67. The van der Waals surface area contributed by atoms with Gasteiger partial charge in [0.2, 0.25) is 11.8 Å². The van der Waals surface area contributed by atoms with Crippen molar-refractivity contribution in [2.45, 2.75) is 25.2 Å². The van der Waals surface area contributed by atoms with Crippen LogP contribution in [0.3, 0.4) is 0 Å². The van der Waals surface area contributed by atoms with Gasteiger partial charge < -0.3 is 20.2 Å². The highest BCUT2D eigenvalue weighted by molar-refractivity contribution is 6.19. The Hall–Kier alpha value is -2.31. The summed E-state index contributed by atoms with van der Waals surface area (Å²) in [4.78, 5) is 28.5. The molecule has 156 valence electrons. The molecule has 0 fully saturated rings. The van der Waals surface area contributed by atoms with Crippen LogP contribution in [0.1, 0.15) is 30.7 Å². The number of fused-ring (bicyclic) bond motifs is 3. The van der Waals surface area contributed by atoms with E-state index in [0.29, 0.717) is 31.1 Å². The molecule has 0 saturated carbocycles. The number of phenolic OH excluding ortho intramolecular Hbond substituents is 1. The van der Waals surface area contributed by atoms with Crippen molar-refractivity contribution in [2.75, 3.05) is 44.5 Å². The normalized spacial score (nSPS) is 15.7. The molecular formula is C22H28ClN3O3. The molecular weight excluding hydrogens is 390 g/mol. The van der Waals surface area contributed by atoms with Crippen molar-refractivity contribution in [3.8, 4) is 5.75 Å². The van der Waals surface area contributed by atoms with Crippen molar-refractivity contribution in [2.24, 2.45) is 0 Å². The number of carbonyl (C=O) groups excluding carboxylic acids is 2. The molecule has 7 heteroatoms. The van der Waals surface area contributed by atoms with Gasteiger partial charge in [-0.2, -0.15) is 0 Å². The summed E-state index contributed by atoms with van der Waals surface area (Å²) in [5.74, 6) is 0.447. The number of nitrogens with zero attached hydrogens (tertiary/aromatic N) is 2. The van der Waals surface area contributed by atoms with Gasteiger partial charge in [0, 0.05) is 49.2 Å². The van der Waals surface area contributed by atoms with E-state index in [0.717, 1.165) is 29.3 Å². The van der Waals surface area contributed by atoms with Crippen molar-refractivity contribution in [3.05, 3.63) is 35.9 Å². The van der Waals surface area contributed by atoms with Crippen LogP contribution >= 0.6 is 11.6 Å². The van der Waals surface area contributed by atoms with Gasteiger partial charge in [-0.25, -0.2) is 0 Å². The molecule has 2 aromatic rings. The summed E-state index contributed by atoms with van der Waals surface area (Å²) in [5.41, 5.74) is 1.73. The van der Waals surface area contributed by atoms with Gasteiger partial charge >= 0.3 is 0 Å². The number of phenols is 1. The van der Waals surface area contributed by atoms with Gasteiger partial charge in [0.1, 0.15) is 5.75 Å². The topological polar surface area (TPSA) is 72.9 Å². The first-order chi connectivity index (χ1) is 13.9. The summed E-state index contributed by atoms with van der Waals surface area (Å²) in [7, 11) is 3.94. The fourth-order valence-corrected chi connectivity index (χ4v) is 4.13. The molecule has 0 radical (unpaired) electrons. The monoisotopic (exact) mass is 417 g/mol. The average Bonchev–Trinajstić information content (AvgIpc) is 3.06. The van der Waals surface area contributed by atoms with Crippen molar-refractivity contribution in [1.29, 1.82) is 0 Å². The van der Waals surface area contributed by atoms with Gasteiger partial charge in [-0.05, 0) is 38.0 Å². The summed E-state index contributed by atoms with van der Waals surface area (Å²) >= 11 is 6.20. The second-order valence-corrected chi connectivity index (χ2v) is 8.05. The van der Waals surface area contributed by atoms with Crippen LogP contribution in [0.15, 0.2) is 30.3 Å². The minimum absolute atomic E-state index is 0.0155. The van der Waals surface area contributed by atoms with Crippen molar-refractivity contribution >= 4 is 39.9 Å². The Labute approximate surface area is 176 Å². The Morgan fingerprint density at radius 3 is 2.66 bits per heavy atom. The quantitative estimate of drug-likeness (QED) is 0.647. The number of alkyl halides is 1. The lowest BCUT2D eigenvalue weighted by Gasteiger charge is -2.18. The summed E-state index contributed by atoms with van der Waals surface area (Å²) in [6.07, 6.45) is 1.45. The second-order valence-electron chi connectivity index (χ2n) is 7.74. The number of halogens is 1. The zero-order chi connectivity index (χ0) is 21.0. The number of hydrogen-bond donors (Lipinski definition) is 2. The molecule has 2 amide bonds. The van der Waals surface area contributed by atoms with E-state index in [1.54, 1.807) is 11.0 Å². The first-order valence-corrected chi connectivity index (χ1v) is 10.5. The van der Waals surface area contributed by atoms with E-state index in [-0.39, 0.29) is 29.9 Å². The molecule has 3 rings (SSSR count). The smallest absolute Gasteiger partial charge is 0.228 e. The minimum atomic E-state index is -0.0814. The Bertz CT molecular complexity index is 900. The number of aromatic hydroxyl groups is 1. The first kappa shape index (κ1) is 21.4. The molecule has 0 spiro atoms. The highest BCUT2D eigenvalue weighted by Crippen LogP contribution is 2.45. The summed E-state index contributed by atoms with van der Waals surface area (Å²) in [6, 6.07) is 9.27. The van der Waals surface area contributed by atoms with E-state index < -0.39 is 0 Å². The van der Waals surface area contributed by atoms with E-state index in [4.69, 9.17) is 11.6 Å². The molecule has 0 aliphatic carbocycles. The SMILES string of the molecule is CN(C)CCCC(=O)NCCC(=O)N1C[C@H](CCl)c2c1cc(O)c1ccccc21. The van der Waals surface area contributed by atoms with E-state index in [2.05, 4.69) is 5.32 Å². The maximum atomic E-state index is 12.8. The molecule has 0 aromatic heterocycles. The van der Waals surface area contributed by atoms with E-state index in [1.165, 1.54) is 0 Å². The van der Waals surface area contributed by atoms with E-state index >= 15 is 0 Å². The van der Waals surface area contributed by atoms with Gasteiger partial charge in [-0.1, -0.05) is 24.3 Å². The fourth-order valence-electron chi connectivity index (χ4n) is 3.88. The minimum Gasteiger partial charge on any atom is -0.507 e. The summed E-state index contributed by atoms with van der Waals surface area (Å²) < 4.78 is 0. The van der Waals surface area contributed by atoms with Crippen LogP contribution in [0.25, 0.3) is 10.8 Å². The van der Waals surface area contributed by atoms with E-state index in [9.17, 15) is 14.7 Å². The van der Waals surface area contributed by atoms with Crippen LogP contribution in [-0.4, -0.2) is 61.4 Å². The third-order valence-corrected chi connectivity index (χ3v) is 5.67. The van der Waals surface area contributed by atoms with Crippen LogP contribution in [0, 0.1) is 0 Å². The first-order valence-electron chi connectivity index (χ1n) is 9.94. The lowest BCUT2D eigenvalue weighted by Crippen LogP contribution is -2.34. The molecule has 1 heterocycles. The van der Waals surface area contributed by atoms with E-state index in [1.807, 2.05) is 43.3 Å². The molecule has 2 N–H and O–H groups in total. The number of anilines is 1. The standard InChI is InChI=1S/C22H28ClN3O3/c1-25(2)11-5-8-20(28)24-10-9-21(29)26-14-15(13-23)22-17-7-4-3-6-16(17)19(27)12-18(22)26/h3-4,6-7,12,15,27H,5,8-11,13-14H2,1-2H3,(H,24,28)/t15-/m0/s1. The predicted octanol–water partition coefficient (Wildman–Crippen LogP) is 3.06. The number of carbonyl (C=O) groups is 2. The zero-order valence-electron chi connectivity index (χ0n) is 16.9. The zero-order valence-corrected chi connectivity index (χ0v) is 17.7. The summed E-state index contributed by atoms with van der Waals surface area (Å²) in [6.45, 7) is 1.65. The third-order valence-electron chi connectivity index (χ3n) is 5.30. The highest BCUT2D eigenvalue weighted by Gasteiger charge is 2.34. The maximum Gasteiger partial charge on any atom is 0.228 e. The van der Waals surface area contributed by atoms with Gasteiger partial charge in [0.25, 0.3) is 0 Å². The third kappa shape index (κ3) is 4.82. The molecule has 2 aromatic carbocycles. The molecule has 1 atom stereocenters. The molecule has 6 nitrogen and oxygen atoms in total. The number of benzene rings is 2. The average molecular weight is 418 g/mol. The number of amides is 2. The number of nitrogens with one attached hydrogen (secondary N) is 1. The highest BCUT2D eigenvalue weighted by atomic mass is 35.5. The summed E-state index contributed by atoms with van der Waals surface area (Å²) in [5, 5.41) is 14.9. The largest absolute Gasteiger partial charge is 0.507 e. The molecule has 0 unspecified atom stereocenters. The van der Waals surface area contributed by atoms with Crippen molar-refractivity contribution in [3.63, 3.8) is 0 Å². The van der Waals surface area contributed by atoms with Crippen LogP contribution in [0.2, 0.25) is 0 Å². The predicted molar refractivity (Wildman–Crippen MR) is 117 cm³/mol. The van der Waals surface area contributed by atoms with Crippen LogP contribution < -0.4 is 10.2 Å². The van der Waals surface area contributed by atoms with Crippen LogP contribution in [0.4, 0.5) is 5.69 Å². The molecule has 1 aliphatic heterocycles. The fraction of sp³-hybridized carbons (Fsp3) is 0.455. The lowest BCUT2D eigenvalue weighted by atomic mass is 9.95. The lowest BCUT2D eigenvalue weighted by molar-refractivity contribution is -0.121. The van der Waals surface area contributed by atoms with Crippen LogP contribution in [-0.2, 0) is 9.59 Å². The van der Waals surface area contributed by atoms with Gasteiger partial charge in [0.05, 0.1) is 5.69 Å². The van der Waals surface area contributed by atoms with Gasteiger partial charge in [-0.15, -0.1) is 11.6 Å². The van der Waals surface area contributed by atoms with Crippen molar-refractivity contribution < 1.29 is 14.7 Å². The molecule has 1 aliphatic rings. The Morgan fingerprint density at radius 1 is 1.24 bits per heavy atom.